The number of unbranched alkanes of at least 4 members (excludes halogenated alkanes) is 1. The summed E-state index contributed by atoms with van der Waals surface area (Å²) in [6, 6.07) is 8.81. The molecule has 0 amide bonds. The highest BCUT2D eigenvalue weighted by Crippen LogP contribution is 2.41. The number of benzene rings is 1. The largest absolute Gasteiger partial charge is 0.491 e. The van der Waals surface area contributed by atoms with Crippen LogP contribution in [-0.2, 0) is 9.53 Å². The smallest absolute Gasteiger partial charge is 0.329 e. The van der Waals surface area contributed by atoms with Gasteiger partial charge in [-0.2, -0.15) is 4.91 Å². The fourth-order valence-electron chi connectivity index (χ4n) is 4.15. The van der Waals surface area contributed by atoms with Crippen LogP contribution < -0.4 is 4.74 Å². The number of nitroso groups, excluding NO2 is 1. The summed E-state index contributed by atoms with van der Waals surface area (Å²) >= 11 is 0. The Morgan fingerprint density at radius 3 is 2.60 bits per heavy atom. The number of carboxylic acid groups (broad SMARTS) is 1. The molecule has 0 aliphatic heterocycles. The normalized spacial score (nSPS) is 25.6. The highest BCUT2D eigenvalue weighted by atomic mass is 16.5. The molecule has 2 unspecified atom stereocenters. The van der Waals surface area contributed by atoms with Gasteiger partial charge in [-0.1, -0.05) is 29.8 Å². The fourth-order valence-corrected chi connectivity index (χ4v) is 4.15. The monoisotopic (exact) mass is 423 g/mol. The van der Waals surface area contributed by atoms with Crippen molar-refractivity contribution in [2.24, 2.45) is 17.0 Å². The predicted molar refractivity (Wildman–Crippen MR) is 111 cm³/mol. The number of rotatable bonds is 14. The fraction of sp³-hybridized carbons (Fsp3) is 0.682. The Kier molecular flexibility index (Phi) is 9.68. The van der Waals surface area contributed by atoms with Crippen molar-refractivity contribution in [3.8, 4) is 5.75 Å². The van der Waals surface area contributed by atoms with Crippen LogP contribution in [-0.4, -0.2) is 58.9 Å². The average Bonchev–Trinajstić information content (AvgIpc) is 3.03. The zero-order valence-corrected chi connectivity index (χ0v) is 17.5. The van der Waals surface area contributed by atoms with Gasteiger partial charge in [-0.05, 0) is 63.0 Å². The maximum absolute atomic E-state index is 11.3. The Morgan fingerprint density at radius 1 is 1.20 bits per heavy atom. The summed E-state index contributed by atoms with van der Waals surface area (Å²) in [6.07, 6.45) is 2.90. The molecule has 5 atom stereocenters. The molecule has 8 nitrogen and oxygen atoms in total. The summed E-state index contributed by atoms with van der Waals surface area (Å²) in [6.45, 7) is 1.88. The number of carbonyl (C=O) groups is 1. The Bertz CT molecular complexity index is 652. The molecule has 1 fully saturated rings. The number of ether oxygens (including phenoxy) is 2. The van der Waals surface area contributed by atoms with Gasteiger partial charge in [0.15, 0.2) is 0 Å². The second kappa shape index (κ2) is 12.0. The highest BCUT2D eigenvalue weighted by Gasteiger charge is 2.43. The third-order valence-corrected chi connectivity index (χ3v) is 5.77. The molecule has 1 aromatic carbocycles. The van der Waals surface area contributed by atoms with Gasteiger partial charge in [0.2, 0.25) is 0 Å². The molecule has 0 aromatic heterocycles. The molecule has 2 rings (SSSR count). The molecule has 1 aliphatic rings. The molecular formula is C22H33NO7. The standard InChI is InChI=1S/C22H33NO7/c1-22(27,15-30-16-7-3-2-4-8-16)11-10-17-18(20(24)13-19(17)23-28)9-5-6-12-29-14-21(25)26/h2-4,7-8,17-20,24,27H,5-6,9-15H2,1H3,(H,25,26)/t17-,18-,19?,20+,22?/m1/s1. The lowest BCUT2D eigenvalue weighted by Gasteiger charge is -2.28. The van der Waals surface area contributed by atoms with Crippen molar-refractivity contribution in [3.63, 3.8) is 0 Å². The second-order valence-corrected chi connectivity index (χ2v) is 8.38. The molecule has 1 saturated carbocycles. The number of carboxylic acids is 1. The van der Waals surface area contributed by atoms with Gasteiger partial charge in [0.25, 0.3) is 0 Å². The minimum atomic E-state index is -1.06. The van der Waals surface area contributed by atoms with Gasteiger partial charge in [-0.25, -0.2) is 4.79 Å². The summed E-state index contributed by atoms with van der Waals surface area (Å²) < 4.78 is 10.7. The summed E-state index contributed by atoms with van der Waals surface area (Å²) in [5.74, 6) is -0.479. The Balaban J connectivity index is 1.81. The van der Waals surface area contributed by atoms with Crippen molar-refractivity contribution < 1.29 is 29.6 Å². The molecule has 0 bridgehead atoms. The molecule has 0 spiro atoms. The molecule has 30 heavy (non-hydrogen) atoms. The van der Waals surface area contributed by atoms with Gasteiger partial charge in [0.1, 0.15) is 19.0 Å². The topological polar surface area (TPSA) is 126 Å². The van der Waals surface area contributed by atoms with Gasteiger partial charge in [0.05, 0.1) is 17.7 Å². The van der Waals surface area contributed by atoms with Crippen molar-refractivity contribution >= 4 is 5.97 Å². The summed E-state index contributed by atoms with van der Waals surface area (Å²) in [5, 5.41) is 32.9. The van der Waals surface area contributed by atoms with Crippen molar-refractivity contribution in [2.45, 2.75) is 63.2 Å². The number of hydrogen-bond donors (Lipinski definition) is 3. The lowest BCUT2D eigenvalue weighted by Crippen LogP contribution is -2.34. The van der Waals surface area contributed by atoms with E-state index in [4.69, 9.17) is 14.6 Å². The van der Waals surface area contributed by atoms with Crippen LogP contribution in [0.1, 0.15) is 45.4 Å². The third-order valence-electron chi connectivity index (χ3n) is 5.77. The zero-order chi connectivity index (χ0) is 22.0. The van der Waals surface area contributed by atoms with Crippen LogP contribution in [0.4, 0.5) is 0 Å². The van der Waals surface area contributed by atoms with Crippen LogP contribution in [0.2, 0.25) is 0 Å². The summed E-state index contributed by atoms with van der Waals surface area (Å²) in [4.78, 5) is 21.7. The van der Waals surface area contributed by atoms with Crippen molar-refractivity contribution in [3.05, 3.63) is 35.2 Å². The van der Waals surface area contributed by atoms with Crippen molar-refractivity contribution in [1.29, 1.82) is 0 Å². The SMILES string of the molecule is CC(O)(CC[C@H]1C(N=O)C[C@H](O)[C@@H]1CCCCOCC(=O)O)COc1ccccc1. The van der Waals surface area contributed by atoms with Crippen LogP contribution >= 0.6 is 0 Å². The number of hydrogen-bond acceptors (Lipinski definition) is 7. The van der Waals surface area contributed by atoms with Crippen molar-refractivity contribution in [2.75, 3.05) is 19.8 Å². The third kappa shape index (κ3) is 8.01. The van der Waals surface area contributed by atoms with E-state index in [0.29, 0.717) is 44.5 Å². The number of nitrogens with zero attached hydrogens (tertiary/aromatic N) is 1. The van der Waals surface area contributed by atoms with E-state index in [1.165, 1.54) is 0 Å². The van der Waals surface area contributed by atoms with Crippen molar-refractivity contribution in [1.82, 2.24) is 0 Å². The van der Waals surface area contributed by atoms with Gasteiger partial charge in [0, 0.05) is 6.61 Å². The van der Waals surface area contributed by atoms with Gasteiger partial charge >= 0.3 is 5.97 Å². The first-order valence-electron chi connectivity index (χ1n) is 10.5. The molecule has 8 heteroatoms. The summed E-state index contributed by atoms with van der Waals surface area (Å²) in [5.41, 5.74) is -1.06. The van der Waals surface area contributed by atoms with E-state index in [2.05, 4.69) is 5.18 Å². The second-order valence-electron chi connectivity index (χ2n) is 8.38. The molecular weight excluding hydrogens is 390 g/mol. The first-order valence-corrected chi connectivity index (χ1v) is 10.5. The number of aliphatic carboxylic acids is 1. The predicted octanol–water partition coefficient (Wildman–Crippen LogP) is 3.00. The minimum absolute atomic E-state index is 0.0713. The highest BCUT2D eigenvalue weighted by molar-refractivity contribution is 5.67. The van der Waals surface area contributed by atoms with E-state index >= 15 is 0 Å². The Morgan fingerprint density at radius 2 is 1.93 bits per heavy atom. The van der Waals surface area contributed by atoms with Crippen LogP contribution in [0, 0.1) is 16.7 Å². The minimum Gasteiger partial charge on any atom is -0.491 e. The zero-order valence-electron chi connectivity index (χ0n) is 17.5. The maximum Gasteiger partial charge on any atom is 0.329 e. The average molecular weight is 424 g/mol. The molecule has 0 saturated heterocycles. The van der Waals surface area contributed by atoms with Gasteiger partial charge in [-0.3, -0.25) is 0 Å². The number of para-hydroxylation sites is 1. The van der Waals surface area contributed by atoms with E-state index in [1.807, 2.05) is 30.3 Å². The van der Waals surface area contributed by atoms with E-state index in [9.17, 15) is 19.9 Å². The lowest BCUT2D eigenvalue weighted by atomic mass is 9.83. The maximum atomic E-state index is 11.3. The lowest BCUT2D eigenvalue weighted by molar-refractivity contribution is -0.142. The first-order chi connectivity index (χ1) is 14.3. The van der Waals surface area contributed by atoms with Crippen LogP contribution in [0.15, 0.2) is 35.5 Å². The molecule has 0 radical (unpaired) electrons. The molecule has 3 N–H and O–H groups in total. The van der Waals surface area contributed by atoms with Gasteiger partial charge < -0.3 is 24.8 Å². The van der Waals surface area contributed by atoms with Crippen LogP contribution in [0.3, 0.4) is 0 Å². The quantitative estimate of drug-likeness (QED) is 0.310. The molecule has 1 aromatic rings. The number of aliphatic hydroxyl groups excluding tert-OH is 1. The van der Waals surface area contributed by atoms with E-state index in [-0.39, 0.29) is 25.0 Å². The molecule has 168 valence electrons. The van der Waals surface area contributed by atoms with Gasteiger partial charge in [-0.15, -0.1) is 0 Å². The van der Waals surface area contributed by atoms with E-state index in [0.717, 1.165) is 6.42 Å². The Labute approximate surface area is 177 Å². The Hall–Kier alpha value is -2.03. The summed E-state index contributed by atoms with van der Waals surface area (Å²) in [7, 11) is 0. The molecule has 0 heterocycles. The molecule has 1 aliphatic carbocycles. The number of aliphatic hydroxyl groups is 2. The van der Waals surface area contributed by atoms with E-state index < -0.39 is 23.7 Å². The first kappa shape index (κ1) is 24.2. The van der Waals surface area contributed by atoms with E-state index in [1.54, 1.807) is 6.92 Å². The van der Waals surface area contributed by atoms with Crippen LogP contribution in [0.25, 0.3) is 0 Å². The van der Waals surface area contributed by atoms with Crippen LogP contribution in [0.5, 0.6) is 5.75 Å².